The molecule has 0 amide bonds. The number of benzene rings is 1. The van der Waals surface area contributed by atoms with E-state index in [-0.39, 0.29) is 11.6 Å². The fourth-order valence-corrected chi connectivity index (χ4v) is 3.75. The average molecular weight is 550 g/mol. The van der Waals surface area contributed by atoms with Crippen molar-refractivity contribution in [3.05, 3.63) is 23.0 Å². The molecule has 0 aliphatic heterocycles. The number of azo groups is 1. The molecule has 17 heteroatoms. The van der Waals surface area contributed by atoms with Gasteiger partial charge in [-0.3, -0.25) is 0 Å². The highest BCUT2D eigenvalue weighted by Crippen LogP contribution is 2.41. The first-order chi connectivity index (χ1) is 16.4. The maximum atomic E-state index is 13.2. The predicted molar refractivity (Wildman–Crippen MR) is 118 cm³/mol. The van der Waals surface area contributed by atoms with Crippen LogP contribution in [0.25, 0.3) is 0 Å². The number of aromatic nitrogens is 3. The molecule has 0 aliphatic carbocycles. The van der Waals surface area contributed by atoms with Gasteiger partial charge >= 0.3 is 11.9 Å². The highest BCUT2D eigenvalue weighted by atomic mass is 35.5. The summed E-state index contributed by atoms with van der Waals surface area (Å²) in [5.74, 6) is -5.84. The largest absolute Gasteiger partial charge is 0.453 e. The minimum atomic E-state index is -5.13. The third kappa shape index (κ3) is 7.04. The van der Waals surface area contributed by atoms with Gasteiger partial charge in [0.05, 0.1) is 10.7 Å². The lowest BCUT2D eigenvalue weighted by Crippen LogP contribution is -2.25. The van der Waals surface area contributed by atoms with Crippen LogP contribution < -0.4 is 4.90 Å². The number of hydrogen-bond acceptors (Lipinski definition) is 8. The Hall–Kier alpha value is -2.46. The second-order valence-corrected chi connectivity index (χ2v) is 9.06. The van der Waals surface area contributed by atoms with Crippen molar-refractivity contribution in [2.24, 2.45) is 14.6 Å². The smallest absolute Gasteiger partial charge is 0.370 e. The molecule has 1 atom stereocenters. The molecule has 0 saturated heterocycles. The predicted octanol–water partition coefficient (Wildman–Crippen LogP) is 7.15. The quantitative estimate of drug-likeness (QED) is 0.219. The molecule has 0 N–H and O–H groups in total. The van der Waals surface area contributed by atoms with Gasteiger partial charge in [0.1, 0.15) is 11.4 Å². The number of alkyl halides is 5. The van der Waals surface area contributed by atoms with E-state index in [0.29, 0.717) is 31.6 Å². The number of aryl methyl sites for hydroxylation is 1. The van der Waals surface area contributed by atoms with Crippen molar-refractivity contribution in [1.82, 2.24) is 14.8 Å². The first kappa shape index (κ1) is 28.8. The van der Waals surface area contributed by atoms with Gasteiger partial charge in [-0.15, -0.1) is 15.3 Å². The summed E-state index contributed by atoms with van der Waals surface area (Å²) in [6.07, 6.45) is -3.46. The van der Waals surface area contributed by atoms with Crippen molar-refractivity contribution in [2.45, 2.75) is 52.1 Å². The first-order valence-electron chi connectivity index (χ1n) is 10.3. The lowest BCUT2D eigenvalue weighted by molar-refractivity contribution is -0.144. The van der Waals surface area contributed by atoms with Gasteiger partial charge in [0, 0.05) is 19.6 Å². The molecule has 1 heterocycles. The Morgan fingerprint density at radius 3 is 2.26 bits per heavy atom. The highest BCUT2D eigenvalue weighted by molar-refractivity contribution is 7.89. The SMILES string of the molecule is CCCN(CCC)c1cc(N=S(=O)(OF)C(F)F)c(N=Nc2nc(C(F)(F)F)nn2CC)cc1Cl. The third-order valence-electron chi connectivity index (χ3n) is 4.37. The fraction of sp³-hybridized carbons (Fsp3) is 0.556. The number of anilines is 1. The zero-order valence-corrected chi connectivity index (χ0v) is 20.3. The minimum absolute atomic E-state index is 0.0494. The molecule has 1 aromatic carbocycles. The van der Waals surface area contributed by atoms with E-state index < -0.39 is 45.1 Å². The summed E-state index contributed by atoms with van der Waals surface area (Å²) in [7, 11) is -5.13. The molecule has 35 heavy (non-hydrogen) atoms. The fourth-order valence-electron chi connectivity index (χ4n) is 2.89. The second kappa shape index (κ2) is 12.0. The van der Waals surface area contributed by atoms with E-state index in [4.69, 9.17) is 11.6 Å². The Morgan fingerprint density at radius 2 is 1.77 bits per heavy atom. The zero-order chi connectivity index (χ0) is 26.4. The second-order valence-electron chi connectivity index (χ2n) is 6.96. The van der Waals surface area contributed by atoms with Crippen LogP contribution >= 0.6 is 11.6 Å². The lowest BCUT2D eigenvalue weighted by Gasteiger charge is -2.25. The first-order valence-corrected chi connectivity index (χ1v) is 12.1. The van der Waals surface area contributed by atoms with Crippen LogP contribution in [0, 0.1) is 0 Å². The zero-order valence-electron chi connectivity index (χ0n) is 18.8. The van der Waals surface area contributed by atoms with Crippen molar-refractivity contribution < 1.29 is 35.1 Å². The normalized spacial score (nSPS) is 14.0. The van der Waals surface area contributed by atoms with E-state index in [0.717, 1.165) is 16.8 Å². The van der Waals surface area contributed by atoms with E-state index in [1.807, 2.05) is 13.8 Å². The molecule has 2 rings (SSSR count). The Balaban J connectivity index is 2.71. The van der Waals surface area contributed by atoms with Gasteiger partial charge in [0.25, 0.3) is 21.8 Å². The molecule has 2 aromatic rings. The number of rotatable bonds is 11. The molecule has 1 unspecified atom stereocenters. The van der Waals surface area contributed by atoms with Crippen LogP contribution in [0.2, 0.25) is 5.02 Å². The standard InChI is InChI=1S/C18H22ClF6N7O2S/c1-4-7-31(8-5-2)14-10-13(30-35(33,34-25)16(20)21)12(9-11(14)19)27-28-17-26-15(18(22,23)24)29-32(17)6-3/h9-10,16H,4-8H2,1-3H3. The van der Waals surface area contributed by atoms with Gasteiger partial charge < -0.3 is 4.90 Å². The molecule has 0 radical (unpaired) electrons. The third-order valence-corrected chi connectivity index (χ3v) is 5.75. The summed E-state index contributed by atoms with van der Waals surface area (Å²) in [4.78, 5) is 5.06. The molecule has 9 nitrogen and oxygen atoms in total. The van der Waals surface area contributed by atoms with Gasteiger partial charge in [0.2, 0.25) is 0 Å². The van der Waals surface area contributed by atoms with Crippen molar-refractivity contribution in [1.29, 1.82) is 0 Å². The summed E-state index contributed by atoms with van der Waals surface area (Å²) < 4.78 is 97.1. The Bertz CT molecular complexity index is 1160. The van der Waals surface area contributed by atoms with Gasteiger partial charge in [-0.05, 0) is 36.4 Å². The van der Waals surface area contributed by atoms with Gasteiger partial charge in [0.15, 0.2) is 0 Å². The average Bonchev–Trinajstić information content (AvgIpc) is 3.22. The van der Waals surface area contributed by atoms with Crippen molar-refractivity contribution in [2.75, 3.05) is 18.0 Å². The number of hydrogen-bond donors (Lipinski definition) is 0. The van der Waals surface area contributed by atoms with Crippen LogP contribution in [0.15, 0.2) is 26.7 Å². The van der Waals surface area contributed by atoms with Crippen molar-refractivity contribution in [3.63, 3.8) is 0 Å². The van der Waals surface area contributed by atoms with Crippen LogP contribution in [0.4, 0.5) is 49.5 Å². The van der Waals surface area contributed by atoms with Crippen LogP contribution in [0.5, 0.6) is 0 Å². The lowest BCUT2D eigenvalue weighted by atomic mass is 10.2. The number of nitrogens with zero attached hydrogens (tertiary/aromatic N) is 7. The summed E-state index contributed by atoms with van der Waals surface area (Å²) in [6, 6.07) is 2.27. The summed E-state index contributed by atoms with van der Waals surface area (Å²) in [6.45, 7) is 6.24. The van der Waals surface area contributed by atoms with Crippen molar-refractivity contribution in [3.8, 4) is 0 Å². The topological polar surface area (TPSA) is 97.3 Å². The summed E-state index contributed by atoms with van der Waals surface area (Å²) in [5, 5.41) is 10.6. The van der Waals surface area contributed by atoms with Gasteiger partial charge in [-0.25, -0.2) is 8.89 Å². The van der Waals surface area contributed by atoms with E-state index in [9.17, 15) is 30.7 Å². The Kier molecular flexibility index (Phi) is 9.85. The maximum absolute atomic E-state index is 13.2. The molecule has 0 saturated carbocycles. The maximum Gasteiger partial charge on any atom is 0.453 e. The molecule has 1 aromatic heterocycles. The Morgan fingerprint density at radius 1 is 1.14 bits per heavy atom. The molecule has 0 fully saturated rings. The molecule has 0 bridgehead atoms. The van der Waals surface area contributed by atoms with Gasteiger partial charge in [-0.2, -0.15) is 31.3 Å². The van der Waals surface area contributed by atoms with Crippen LogP contribution in [0.3, 0.4) is 0 Å². The highest BCUT2D eigenvalue weighted by Gasteiger charge is 2.37. The summed E-state index contributed by atoms with van der Waals surface area (Å²) >= 11 is 6.35. The molecular weight excluding hydrogens is 528 g/mol. The molecular formula is C18H22ClF6N7O2S. The van der Waals surface area contributed by atoms with Crippen LogP contribution in [0.1, 0.15) is 39.4 Å². The minimum Gasteiger partial charge on any atom is -0.370 e. The number of halogens is 7. The Labute approximate surface area is 202 Å². The molecule has 196 valence electrons. The van der Waals surface area contributed by atoms with E-state index in [1.54, 1.807) is 4.90 Å². The molecule has 0 aliphatic rings. The summed E-state index contributed by atoms with van der Waals surface area (Å²) in [5.41, 5.74) is -0.623. The monoisotopic (exact) mass is 549 g/mol. The van der Waals surface area contributed by atoms with Crippen molar-refractivity contribution >= 4 is 44.6 Å². The van der Waals surface area contributed by atoms with E-state index in [1.165, 1.54) is 6.92 Å². The molecule has 0 spiro atoms. The van der Waals surface area contributed by atoms with Gasteiger partial charge in [-0.1, -0.05) is 29.8 Å². The van der Waals surface area contributed by atoms with Crippen LogP contribution in [-0.4, -0.2) is 37.8 Å². The van der Waals surface area contributed by atoms with E-state index >= 15 is 0 Å². The van der Waals surface area contributed by atoms with Crippen LogP contribution in [-0.2, 0) is 27.1 Å². The van der Waals surface area contributed by atoms with E-state index in [2.05, 4.69) is 29.1 Å².